The normalized spacial score (nSPS) is 12.9. The summed E-state index contributed by atoms with van der Waals surface area (Å²) in [6.45, 7) is 4.75. The van der Waals surface area contributed by atoms with Gasteiger partial charge in [0, 0.05) is 5.56 Å². The Kier molecular flexibility index (Phi) is 4.21. The van der Waals surface area contributed by atoms with Crippen LogP contribution in [0.3, 0.4) is 0 Å². The van der Waals surface area contributed by atoms with Crippen molar-refractivity contribution >= 4 is 11.6 Å². The Morgan fingerprint density at radius 1 is 1.43 bits per heavy atom. The van der Waals surface area contributed by atoms with E-state index in [1.807, 2.05) is 0 Å². The molecule has 78 valence electrons. The van der Waals surface area contributed by atoms with Crippen molar-refractivity contribution in [1.29, 1.82) is 0 Å². The van der Waals surface area contributed by atoms with E-state index < -0.39 is 5.63 Å². The Labute approximate surface area is 88.8 Å². The highest BCUT2D eigenvalue weighted by molar-refractivity contribution is 6.19. The van der Waals surface area contributed by atoms with E-state index in [0.29, 0.717) is 23.8 Å². The van der Waals surface area contributed by atoms with Crippen LogP contribution in [0, 0.1) is 5.92 Å². The van der Waals surface area contributed by atoms with Crippen LogP contribution in [0.4, 0.5) is 4.39 Å². The average Bonchev–Trinajstić information content (AvgIpc) is 2.15. The highest BCUT2D eigenvalue weighted by Gasteiger charge is 2.05. The van der Waals surface area contributed by atoms with Crippen molar-refractivity contribution in [3.05, 3.63) is 29.8 Å². The number of hydrogen-bond acceptors (Lipinski definition) is 1. The summed E-state index contributed by atoms with van der Waals surface area (Å²) in [5.74, 6) is 1.12. The Morgan fingerprint density at radius 2 is 2.14 bits per heavy atom. The van der Waals surface area contributed by atoms with Crippen LogP contribution in [0.25, 0.3) is 0 Å². The Balaban J connectivity index is 2.64. The van der Waals surface area contributed by atoms with Gasteiger partial charge in [0.2, 0.25) is 0 Å². The van der Waals surface area contributed by atoms with Gasteiger partial charge in [-0.25, -0.2) is 4.39 Å². The van der Waals surface area contributed by atoms with E-state index in [9.17, 15) is 4.39 Å². The molecule has 0 heterocycles. The standard InChI is InChI=1S/C11H14ClFO/c1-8(2)7-14-10-5-3-4-9(6-10)11(12)13/h3-6,8,11H,7H2,1-2H3. The van der Waals surface area contributed by atoms with Crippen LogP contribution in [0.5, 0.6) is 5.75 Å². The van der Waals surface area contributed by atoms with Gasteiger partial charge in [0.1, 0.15) is 5.75 Å². The lowest BCUT2D eigenvalue weighted by Crippen LogP contribution is -2.04. The molecular formula is C11H14ClFO. The molecule has 0 N–H and O–H groups in total. The Hall–Kier alpha value is -0.760. The molecule has 3 heteroatoms. The summed E-state index contributed by atoms with van der Waals surface area (Å²) in [5.41, 5.74) is -1.02. The van der Waals surface area contributed by atoms with Gasteiger partial charge in [-0.05, 0) is 18.1 Å². The molecule has 0 saturated carbocycles. The van der Waals surface area contributed by atoms with Crippen LogP contribution in [0.15, 0.2) is 24.3 Å². The quantitative estimate of drug-likeness (QED) is 0.693. The Bertz CT molecular complexity index is 286. The maximum Gasteiger partial charge on any atom is 0.198 e. The lowest BCUT2D eigenvalue weighted by Gasteiger charge is -2.09. The maximum atomic E-state index is 12.7. The minimum atomic E-state index is -1.46. The van der Waals surface area contributed by atoms with Crippen molar-refractivity contribution in [1.82, 2.24) is 0 Å². The molecule has 1 rings (SSSR count). The number of rotatable bonds is 4. The van der Waals surface area contributed by atoms with E-state index in [2.05, 4.69) is 13.8 Å². The van der Waals surface area contributed by atoms with Crippen molar-refractivity contribution in [3.8, 4) is 5.75 Å². The first-order chi connectivity index (χ1) is 6.59. The van der Waals surface area contributed by atoms with Crippen molar-refractivity contribution in [2.45, 2.75) is 19.5 Å². The van der Waals surface area contributed by atoms with Crippen LogP contribution in [-0.2, 0) is 0 Å². The topological polar surface area (TPSA) is 9.23 Å². The molecule has 0 aliphatic heterocycles. The van der Waals surface area contributed by atoms with Crippen LogP contribution in [0.2, 0.25) is 0 Å². The zero-order valence-electron chi connectivity index (χ0n) is 8.34. The van der Waals surface area contributed by atoms with Gasteiger partial charge < -0.3 is 4.74 Å². The molecular weight excluding hydrogens is 203 g/mol. The van der Waals surface area contributed by atoms with Crippen molar-refractivity contribution in [2.24, 2.45) is 5.92 Å². The predicted molar refractivity (Wildman–Crippen MR) is 56.5 cm³/mol. The fourth-order valence-electron chi connectivity index (χ4n) is 1.00. The second kappa shape index (κ2) is 5.20. The van der Waals surface area contributed by atoms with Gasteiger partial charge >= 0.3 is 0 Å². The average molecular weight is 217 g/mol. The number of ether oxygens (including phenoxy) is 1. The minimum absolute atomic E-state index is 0.438. The zero-order chi connectivity index (χ0) is 10.6. The smallest absolute Gasteiger partial charge is 0.198 e. The summed E-state index contributed by atoms with van der Waals surface area (Å²) in [7, 11) is 0. The van der Waals surface area contributed by atoms with Crippen LogP contribution >= 0.6 is 11.6 Å². The SMILES string of the molecule is CC(C)COc1cccc(C(F)Cl)c1. The van der Waals surface area contributed by atoms with Gasteiger partial charge in [-0.1, -0.05) is 37.6 Å². The molecule has 0 bridgehead atoms. The van der Waals surface area contributed by atoms with Crippen LogP contribution in [0.1, 0.15) is 25.0 Å². The van der Waals surface area contributed by atoms with Crippen LogP contribution < -0.4 is 4.74 Å². The molecule has 0 aliphatic rings. The second-order valence-electron chi connectivity index (χ2n) is 3.58. The summed E-state index contributed by atoms with van der Waals surface area (Å²) in [5, 5.41) is 0. The molecule has 0 fully saturated rings. The molecule has 0 saturated heterocycles. The lowest BCUT2D eigenvalue weighted by molar-refractivity contribution is 0.270. The van der Waals surface area contributed by atoms with Gasteiger partial charge in [0.05, 0.1) is 6.61 Å². The Morgan fingerprint density at radius 3 is 2.71 bits per heavy atom. The molecule has 1 unspecified atom stereocenters. The molecule has 0 aromatic heterocycles. The zero-order valence-corrected chi connectivity index (χ0v) is 9.09. The largest absolute Gasteiger partial charge is 0.493 e. The fraction of sp³-hybridized carbons (Fsp3) is 0.455. The summed E-state index contributed by atoms with van der Waals surface area (Å²) in [6, 6.07) is 6.80. The van der Waals surface area contributed by atoms with E-state index in [1.54, 1.807) is 24.3 Å². The number of benzene rings is 1. The van der Waals surface area contributed by atoms with Gasteiger partial charge in [-0.2, -0.15) is 0 Å². The highest BCUT2D eigenvalue weighted by Crippen LogP contribution is 2.25. The van der Waals surface area contributed by atoms with E-state index in [-0.39, 0.29) is 0 Å². The maximum absolute atomic E-state index is 12.7. The molecule has 0 amide bonds. The third-order valence-corrected chi connectivity index (χ3v) is 1.95. The summed E-state index contributed by atoms with van der Waals surface area (Å²) in [4.78, 5) is 0. The van der Waals surface area contributed by atoms with E-state index in [1.165, 1.54) is 0 Å². The monoisotopic (exact) mass is 216 g/mol. The fourth-order valence-corrected chi connectivity index (χ4v) is 1.14. The van der Waals surface area contributed by atoms with E-state index in [4.69, 9.17) is 16.3 Å². The third-order valence-electron chi connectivity index (χ3n) is 1.69. The number of hydrogen-bond donors (Lipinski definition) is 0. The second-order valence-corrected chi connectivity index (χ2v) is 3.96. The lowest BCUT2D eigenvalue weighted by atomic mass is 10.2. The summed E-state index contributed by atoms with van der Waals surface area (Å²) >= 11 is 5.32. The molecule has 0 radical (unpaired) electrons. The first-order valence-electron chi connectivity index (χ1n) is 4.60. The molecule has 1 atom stereocenters. The first kappa shape index (κ1) is 11.3. The van der Waals surface area contributed by atoms with Crippen molar-refractivity contribution in [3.63, 3.8) is 0 Å². The highest BCUT2D eigenvalue weighted by atomic mass is 35.5. The van der Waals surface area contributed by atoms with Gasteiger partial charge in [-0.15, -0.1) is 0 Å². The van der Waals surface area contributed by atoms with Gasteiger partial charge in [0.25, 0.3) is 0 Å². The van der Waals surface area contributed by atoms with E-state index in [0.717, 1.165) is 0 Å². The number of halogens is 2. The molecule has 1 aromatic rings. The first-order valence-corrected chi connectivity index (χ1v) is 5.04. The molecule has 1 aromatic carbocycles. The minimum Gasteiger partial charge on any atom is -0.493 e. The van der Waals surface area contributed by atoms with Crippen LogP contribution in [-0.4, -0.2) is 6.61 Å². The summed E-state index contributed by atoms with van der Waals surface area (Å²) in [6.07, 6.45) is 0. The van der Waals surface area contributed by atoms with Gasteiger partial charge in [-0.3, -0.25) is 0 Å². The molecule has 1 nitrogen and oxygen atoms in total. The molecule has 14 heavy (non-hydrogen) atoms. The molecule has 0 aliphatic carbocycles. The third kappa shape index (κ3) is 3.54. The van der Waals surface area contributed by atoms with Gasteiger partial charge in [0.15, 0.2) is 5.63 Å². The van der Waals surface area contributed by atoms with Crippen molar-refractivity contribution in [2.75, 3.05) is 6.61 Å². The summed E-state index contributed by atoms with van der Waals surface area (Å²) < 4.78 is 18.2. The van der Waals surface area contributed by atoms with E-state index >= 15 is 0 Å². The number of alkyl halides is 2. The molecule has 0 spiro atoms. The predicted octanol–water partition coefficient (Wildman–Crippen LogP) is 3.93. The van der Waals surface area contributed by atoms with Crippen molar-refractivity contribution < 1.29 is 9.13 Å².